The lowest BCUT2D eigenvalue weighted by atomic mass is 10.1. The molecule has 3 nitrogen and oxygen atoms in total. The third-order valence-electron chi connectivity index (χ3n) is 2.47. The topological polar surface area (TPSA) is 32.3 Å². The van der Waals surface area contributed by atoms with E-state index >= 15 is 0 Å². The number of halogens is 5. The summed E-state index contributed by atoms with van der Waals surface area (Å²) >= 11 is 11.1. The Kier molecular flexibility index (Phi) is 6.42. The van der Waals surface area contributed by atoms with Gasteiger partial charge < -0.3 is 10.2 Å². The summed E-state index contributed by atoms with van der Waals surface area (Å²) in [6.45, 7) is 0.405. The van der Waals surface area contributed by atoms with E-state index in [0.717, 1.165) is 6.07 Å². The van der Waals surface area contributed by atoms with E-state index in [2.05, 4.69) is 5.32 Å². The molecule has 0 aliphatic carbocycles. The molecule has 1 aromatic rings. The molecule has 0 saturated carbocycles. The third kappa shape index (κ3) is 4.76. The minimum Gasteiger partial charge on any atom is -0.322 e. The Labute approximate surface area is 124 Å². The van der Waals surface area contributed by atoms with Crippen molar-refractivity contribution < 1.29 is 18.0 Å². The molecule has 8 heteroatoms. The van der Waals surface area contributed by atoms with Gasteiger partial charge in [0.15, 0.2) is 0 Å². The van der Waals surface area contributed by atoms with Crippen molar-refractivity contribution >= 4 is 34.9 Å². The van der Waals surface area contributed by atoms with E-state index in [1.54, 1.807) is 0 Å². The number of anilines is 1. The Hall–Kier alpha value is -1.14. The fourth-order valence-electron chi connectivity index (χ4n) is 1.55. The first-order valence-electron chi connectivity index (χ1n) is 5.74. The molecule has 1 aromatic carbocycles. The molecule has 1 rings (SSSR count). The van der Waals surface area contributed by atoms with E-state index in [9.17, 15) is 18.0 Å². The summed E-state index contributed by atoms with van der Waals surface area (Å²) in [6, 6.07) is 4.11. The summed E-state index contributed by atoms with van der Waals surface area (Å²) in [4.78, 5) is 13.2. The Bertz CT molecular complexity index is 449. The van der Waals surface area contributed by atoms with Gasteiger partial charge in [-0.3, -0.25) is 0 Å². The molecule has 2 amide bonds. The Morgan fingerprint density at radius 1 is 1.15 bits per heavy atom. The summed E-state index contributed by atoms with van der Waals surface area (Å²) in [7, 11) is 0. The molecule has 0 unspecified atom stereocenters. The van der Waals surface area contributed by atoms with Gasteiger partial charge in [-0.25, -0.2) is 4.79 Å². The van der Waals surface area contributed by atoms with Gasteiger partial charge in [0.1, 0.15) is 0 Å². The number of rotatable bonds is 5. The first-order chi connectivity index (χ1) is 9.40. The van der Waals surface area contributed by atoms with Crippen molar-refractivity contribution in [1.29, 1.82) is 0 Å². The quantitative estimate of drug-likeness (QED) is 0.813. The van der Waals surface area contributed by atoms with Crippen LogP contribution in [-0.4, -0.2) is 35.8 Å². The maximum absolute atomic E-state index is 12.8. The van der Waals surface area contributed by atoms with Crippen molar-refractivity contribution in [1.82, 2.24) is 4.90 Å². The van der Waals surface area contributed by atoms with Gasteiger partial charge in [-0.2, -0.15) is 13.2 Å². The number of benzene rings is 1. The highest BCUT2D eigenvalue weighted by molar-refractivity contribution is 6.18. The first kappa shape index (κ1) is 16.9. The maximum atomic E-state index is 12.8. The van der Waals surface area contributed by atoms with Gasteiger partial charge in [0.25, 0.3) is 0 Å². The first-order valence-corrected chi connectivity index (χ1v) is 6.81. The Morgan fingerprint density at radius 2 is 1.70 bits per heavy atom. The molecule has 1 N–H and O–H groups in total. The van der Waals surface area contributed by atoms with Crippen LogP contribution in [0, 0.1) is 0 Å². The van der Waals surface area contributed by atoms with Gasteiger partial charge in [0.05, 0.1) is 11.3 Å². The third-order valence-corrected chi connectivity index (χ3v) is 2.81. The minimum absolute atomic E-state index is 0.172. The predicted molar refractivity (Wildman–Crippen MR) is 73.5 cm³/mol. The van der Waals surface area contributed by atoms with Crippen molar-refractivity contribution in [2.24, 2.45) is 0 Å². The van der Waals surface area contributed by atoms with Crippen molar-refractivity contribution in [3.63, 3.8) is 0 Å². The second-order valence-corrected chi connectivity index (χ2v) is 4.59. The second kappa shape index (κ2) is 7.59. The molecule has 0 atom stereocenters. The van der Waals surface area contributed by atoms with Crippen LogP contribution in [0.3, 0.4) is 0 Å². The monoisotopic (exact) mass is 328 g/mol. The lowest BCUT2D eigenvalue weighted by Crippen LogP contribution is -2.38. The van der Waals surface area contributed by atoms with Crippen LogP contribution in [0.2, 0.25) is 0 Å². The van der Waals surface area contributed by atoms with Crippen LogP contribution in [-0.2, 0) is 6.18 Å². The smallest absolute Gasteiger partial charge is 0.322 e. The number of nitrogens with one attached hydrogen (secondary N) is 1. The number of hydrogen-bond acceptors (Lipinski definition) is 1. The van der Waals surface area contributed by atoms with Crippen LogP contribution in [0.5, 0.6) is 0 Å². The number of para-hydroxylation sites is 1. The molecule has 0 aliphatic heterocycles. The molecule has 0 aromatic heterocycles. The molecule has 0 radical (unpaired) electrons. The normalized spacial score (nSPS) is 11.2. The molecule has 0 spiro atoms. The summed E-state index contributed by atoms with van der Waals surface area (Å²) in [5, 5.41) is 2.24. The fraction of sp³-hybridized carbons (Fsp3) is 0.417. The summed E-state index contributed by atoms with van der Waals surface area (Å²) in [6.07, 6.45) is -4.53. The number of carbonyl (C=O) groups is 1. The van der Waals surface area contributed by atoms with Crippen LogP contribution < -0.4 is 5.32 Å². The minimum atomic E-state index is -4.53. The summed E-state index contributed by atoms with van der Waals surface area (Å²) in [5.74, 6) is 0.344. The molecular formula is C12H13Cl2F3N2O. The van der Waals surface area contributed by atoms with Crippen LogP contribution in [0.15, 0.2) is 24.3 Å². The van der Waals surface area contributed by atoms with Gasteiger partial charge in [-0.15, -0.1) is 23.2 Å². The van der Waals surface area contributed by atoms with Gasteiger partial charge in [-0.05, 0) is 12.1 Å². The van der Waals surface area contributed by atoms with E-state index in [-0.39, 0.29) is 30.5 Å². The van der Waals surface area contributed by atoms with Crippen molar-refractivity contribution in [3.05, 3.63) is 29.8 Å². The Balaban J connectivity index is 2.89. The van der Waals surface area contributed by atoms with Gasteiger partial charge >= 0.3 is 12.2 Å². The standard InChI is InChI=1S/C12H13Cl2F3N2O/c13-5-7-19(8-6-14)11(20)18-10-4-2-1-3-9(10)12(15,16)17/h1-4H,5-8H2,(H,18,20). The van der Waals surface area contributed by atoms with E-state index in [0.29, 0.717) is 0 Å². The molecule has 0 heterocycles. The number of urea groups is 1. The largest absolute Gasteiger partial charge is 0.418 e. The highest BCUT2D eigenvalue weighted by Crippen LogP contribution is 2.34. The molecule has 0 saturated heterocycles. The molecule has 112 valence electrons. The zero-order valence-electron chi connectivity index (χ0n) is 10.4. The van der Waals surface area contributed by atoms with E-state index in [1.165, 1.54) is 23.1 Å². The average Bonchev–Trinajstić information content (AvgIpc) is 2.38. The maximum Gasteiger partial charge on any atom is 0.418 e. The Morgan fingerprint density at radius 3 is 2.20 bits per heavy atom. The van der Waals surface area contributed by atoms with Gasteiger partial charge in [0.2, 0.25) is 0 Å². The number of carbonyl (C=O) groups excluding carboxylic acids is 1. The zero-order chi connectivity index (χ0) is 15.2. The SMILES string of the molecule is O=C(Nc1ccccc1C(F)(F)F)N(CCCl)CCCl. The molecule has 0 bridgehead atoms. The molecular weight excluding hydrogens is 316 g/mol. The summed E-state index contributed by atoms with van der Waals surface area (Å²) in [5.41, 5.74) is -1.19. The molecule has 0 fully saturated rings. The van der Waals surface area contributed by atoms with E-state index < -0.39 is 17.8 Å². The number of amides is 2. The zero-order valence-corrected chi connectivity index (χ0v) is 11.9. The lowest BCUT2D eigenvalue weighted by molar-refractivity contribution is -0.136. The number of nitrogens with zero attached hydrogens (tertiary/aromatic N) is 1. The van der Waals surface area contributed by atoms with Crippen molar-refractivity contribution in [3.8, 4) is 0 Å². The van der Waals surface area contributed by atoms with E-state index in [4.69, 9.17) is 23.2 Å². The van der Waals surface area contributed by atoms with Crippen molar-refractivity contribution in [2.45, 2.75) is 6.18 Å². The predicted octanol–water partition coefficient (Wildman–Crippen LogP) is 4.02. The highest BCUT2D eigenvalue weighted by atomic mass is 35.5. The van der Waals surface area contributed by atoms with Gasteiger partial charge in [-0.1, -0.05) is 12.1 Å². The number of hydrogen-bond donors (Lipinski definition) is 1. The van der Waals surface area contributed by atoms with Crippen molar-refractivity contribution in [2.75, 3.05) is 30.2 Å². The molecule has 0 aliphatic rings. The average molecular weight is 329 g/mol. The number of alkyl halides is 5. The highest BCUT2D eigenvalue weighted by Gasteiger charge is 2.33. The molecule has 20 heavy (non-hydrogen) atoms. The van der Waals surface area contributed by atoms with Crippen LogP contribution >= 0.6 is 23.2 Å². The van der Waals surface area contributed by atoms with Gasteiger partial charge in [0, 0.05) is 24.8 Å². The fourth-order valence-corrected chi connectivity index (χ4v) is 1.96. The summed E-state index contributed by atoms with van der Waals surface area (Å²) < 4.78 is 38.4. The van der Waals surface area contributed by atoms with Crippen LogP contribution in [0.25, 0.3) is 0 Å². The van der Waals surface area contributed by atoms with Crippen LogP contribution in [0.1, 0.15) is 5.56 Å². The second-order valence-electron chi connectivity index (χ2n) is 3.84. The lowest BCUT2D eigenvalue weighted by Gasteiger charge is -2.22. The van der Waals surface area contributed by atoms with Crippen LogP contribution in [0.4, 0.5) is 23.7 Å². The van der Waals surface area contributed by atoms with E-state index in [1.807, 2.05) is 0 Å².